The highest BCUT2D eigenvalue weighted by atomic mass is 28.2. The zero-order chi connectivity index (χ0) is 12.7. The summed E-state index contributed by atoms with van der Waals surface area (Å²) in [6.07, 6.45) is 9.45. The molecule has 0 radical (unpaired) electrons. The Morgan fingerprint density at radius 3 is 1.63 bits per heavy atom. The summed E-state index contributed by atoms with van der Waals surface area (Å²) in [6.45, 7) is 0. The van der Waals surface area contributed by atoms with Gasteiger partial charge in [-0.25, -0.2) is 0 Å². The molecule has 0 saturated heterocycles. The van der Waals surface area contributed by atoms with Gasteiger partial charge in [0.1, 0.15) is 0 Å². The van der Waals surface area contributed by atoms with Crippen LogP contribution in [0.15, 0.2) is 60.7 Å². The van der Waals surface area contributed by atoms with Crippen LogP contribution < -0.4 is 0 Å². The highest BCUT2D eigenvalue weighted by Crippen LogP contribution is 2.36. The Balaban J connectivity index is 1.62. The predicted molar refractivity (Wildman–Crippen MR) is 85.0 cm³/mol. The van der Waals surface area contributed by atoms with Gasteiger partial charge in [-0.2, -0.15) is 0 Å². The molecule has 2 atom stereocenters. The molecule has 0 spiro atoms. The Bertz CT molecular complexity index is 622. The van der Waals surface area contributed by atoms with Gasteiger partial charge in [0.05, 0.1) is 0 Å². The zero-order valence-corrected chi connectivity index (χ0v) is 12.2. The van der Waals surface area contributed by atoms with Gasteiger partial charge in [-0.3, -0.25) is 0 Å². The number of allylic oxidation sites excluding steroid dienone is 2. The Labute approximate surface area is 116 Å². The summed E-state index contributed by atoms with van der Waals surface area (Å²) in [5.74, 6) is 0. The molecule has 0 bridgehead atoms. The third-order valence-electron chi connectivity index (χ3n) is 4.32. The van der Waals surface area contributed by atoms with E-state index in [1.165, 1.54) is 11.1 Å². The lowest BCUT2D eigenvalue weighted by atomic mass is 10.1. The first kappa shape index (κ1) is 11.0. The summed E-state index contributed by atoms with van der Waals surface area (Å²) in [4.78, 5) is 0. The van der Waals surface area contributed by atoms with Crippen molar-refractivity contribution in [2.45, 2.75) is 11.1 Å². The van der Waals surface area contributed by atoms with E-state index in [-0.39, 0.29) is 9.52 Å². The van der Waals surface area contributed by atoms with E-state index < -0.39 is 0 Å². The average molecular weight is 260 g/mol. The molecular weight excluding hydrogens is 244 g/mol. The van der Waals surface area contributed by atoms with Crippen LogP contribution in [0.25, 0.3) is 12.2 Å². The second-order valence-electron chi connectivity index (χ2n) is 5.42. The van der Waals surface area contributed by atoms with E-state index >= 15 is 0 Å². The average Bonchev–Trinajstić information content (AvgIpc) is 3.05. The fraction of sp³-hybridized carbons (Fsp3) is 0.111. The van der Waals surface area contributed by atoms with Gasteiger partial charge in [-0.15, -0.1) is 0 Å². The highest BCUT2D eigenvalue weighted by molar-refractivity contribution is 6.43. The molecule has 0 N–H and O–H groups in total. The molecule has 92 valence electrons. The van der Waals surface area contributed by atoms with Crippen LogP contribution in [0.1, 0.15) is 33.3 Å². The molecule has 0 aromatic heterocycles. The maximum absolute atomic E-state index is 2.42. The van der Waals surface area contributed by atoms with Crippen molar-refractivity contribution in [1.82, 2.24) is 0 Å². The highest BCUT2D eigenvalue weighted by Gasteiger charge is 2.24. The Morgan fingerprint density at radius 1 is 0.632 bits per heavy atom. The Morgan fingerprint density at radius 2 is 1.11 bits per heavy atom. The first-order chi connectivity index (χ1) is 9.42. The van der Waals surface area contributed by atoms with Gasteiger partial charge in [-0.1, -0.05) is 72.8 Å². The van der Waals surface area contributed by atoms with Gasteiger partial charge in [-0.05, 0) is 33.3 Å². The molecule has 0 fully saturated rings. The monoisotopic (exact) mass is 260 g/mol. The maximum atomic E-state index is 2.42. The molecule has 0 unspecified atom stereocenters. The lowest BCUT2D eigenvalue weighted by Gasteiger charge is -2.16. The number of hydrogen-bond acceptors (Lipinski definition) is 0. The topological polar surface area (TPSA) is 0 Å². The Hall–Kier alpha value is -1.86. The van der Waals surface area contributed by atoms with Crippen molar-refractivity contribution in [3.8, 4) is 0 Å². The minimum absolute atomic E-state index is 0.227. The van der Waals surface area contributed by atoms with Gasteiger partial charge < -0.3 is 0 Å². The van der Waals surface area contributed by atoms with Crippen molar-refractivity contribution in [1.29, 1.82) is 0 Å². The summed E-state index contributed by atoms with van der Waals surface area (Å²) < 4.78 is 0. The minimum Gasteiger partial charge on any atom is -0.0797 e. The molecule has 2 aromatic rings. The first-order valence-electron chi connectivity index (χ1n) is 6.96. The fourth-order valence-electron chi connectivity index (χ4n) is 3.33. The first-order valence-corrected chi connectivity index (χ1v) is 8.59. The molecule has 0 aliphatic heterocycles. The molecule has 0 heterocycles. The van der Waals surface area contributed by atoms with Gasteiger partial charge in [0.15, 0.2) is 0 Å². The molecule has 2 aromatic carbocycles. The van der Waals surface area contributed by atoms with Crippen LogP contribution in [0, 0.1) is 0 Å². The van der Waals surface area contributed by atoms with Crippen LogP contribution in [-0.4, -0.2) is 9.52 Å². The smallest absolute Gasteiger partial charge is 0.0468 e. The van der Waals surface area contributed by atoms with E-state index in [9.17, 15) is 0 Å². The second kappa shape index (κ2) is 4.36. The number of hydrogen-bond donors (Lipinski definition) is 0. The van der Waals surface area contributed by atoms with E-state index in [2.05, 4.69) is 72.8 Å². The van der Waals surface area contributed by atoms with Crippen molar-refractivity contribution in [3.63, 3.8) is 0 Å². The van der Waals surface area contributed by atoms with Crippen molar-refractivity contribution in [2.75, 3.05) is 0 Å². The van der Waals surface area contributed by atoms with Crippen LogP contribution in [0.4, 0.5) is 0 Å². The molecule has 4 rings (SSSR count). The fourth-order valence-corrected chi connectivity index (χ4v) is 5.72. The van der Waals surface area contributed by atoms with Crippen LogP contribution in [-0.2, 0) is 0 Å². The van der Waals surface area contributed by atoms with Crippen LogP contribution in [0.2, 0.25) is 0 Å². The van der Waals surface area contributed by atoms with E-state index in [0.717, 1.165) is 0 Å². The molecule has 2 aliphatic carbocycles. The number of rotatable bonds is 2. The molecule has 19 heavy (non-hydrogen) atoms. The van der Waals surface area contributed by atoms with Gasteiger partial charge >= 0.3 is 0 Å². The lowest BCUT2D eigenvalue weighted by Crippen LogP contribution is -2.12. The molecule has 0 saturated carbocycles. The maximum Gasteiger partial charge on any atom is 0.0468 e. The summed E-state index contributed by atoms with van der Waals surface area (Å²) in [7, 11) is -0.227. The van der Waals surface area contributed by atoms with E-state index in [0.29, 0.717) is 11.1 Å². The molecule has 0 amide bonds. The summed E-state index contributed by atoms with van der Waals surface area (Å²) in [5.41, 5.74) is 7.36. The van der Waals surface area contributed by atoms with Crippen molar-refractivity contribution in [3.05, 3.63) is 82.9 Å². The SMILES string of the molecule is C1=C[C@H]([SiH2][C@@H]2C=Cc3ccccc32)c2ccccc21. The normalized spacial score (nSPS) is 23.2. The Kier molecular flexibility index (Phi) is 2.52. The third kappa shape index (κ3) is 1.82. The van der Waals surface area contributed by atoms with Crippen molar-refractivity contribution in [2.24, 2.45) is 0 Å². The van der Waals surface area contributed by atoms with Gasteiger partial charge in [0.25, 0.3) is 0 Å². The standard InChI is InChI=1S/C18H16Si/c1-3-7-15-13(5-1)9-11-17(15)19-18-12-10-14-6-2-4-8-16(14)18/h1-12,17-18H,19H2/t17-,18+. The number of benzene rings is 2. The quantitative estimate of drug-likeness (QED) is 0.722. The summed E-state index contributed by atoms with van der Waals surface area (Å²) in [5, 5.41) is 0. The van der Waals surface area contributed by atoms with Crippen molar-refractivity contribution >= 4 is 21.7 Å². The predicted octanol–water partition coefficient (Wildman–Crippen LogP) is 3.69. The second-order valence-corrected chi connectivity index (χ2v) is 7.66. The van der Waals surface area contributed by atoms with E-state index in [1.807, 2.05) is 0 Å². The van der Waals surface area contributed by atoms with Gasteiger partial charge in [0.2, 0.25) is 0 Å². The number of fused-ring (bicyclic) bond motifs is 2. The molecule has 1 heteroatoms. The lowest BCUT2D eigenvalue weighted by molar-refractivity contribution is 1.13. The van der Waals surface area contributed by atoms with E-state index in [4.69, 9.17) is 0 Å². The molecule has 2 aliphatic rings. The van der Waals surface area contributed by atoms with Gasteiger partial charge in [0, 0.05) is 9.52 Å². The minimum atomic E-state index is -0.227. The van der Waals surface area contributed by atoms with Crippen LogP contribution in [0.5, 0.6) is 0 Å². The molecule has 0 nitrogen and oxygen atoms in total. The van der Waals surface area contributed by atoms with E-state index in [1.54, 1.807) is 11.1 Å². The summed E-state index contributed by atoms with van der Waals surface area (Å²) in [6, 6.07) is 17.7. The van der Waals surface area contributed by atoms with Crippen LogP contribution in [0.3, 0.4) is 0 Å². The third-order valence-corrected chi connectivity index (χ3v) is 6.75. The zero-order valence-electron chi connectivity index (χ0n) is 10.8. The molecular formula is C18H16Si. The van der Waals surface area contributed by atoms with Crippen LogP contribution >= 0.6 is 0 Å². The van der Waals surface area contributed by atoms with Crippen molar-refractivity contribution < 1.29 is 0 Å². The summed E-state index contributed by atoms with van der Waals surface area (Å²) >= 11 is 0. The largest absolute Gasteiger partial charge is 0.0797 e.